The molecule has 0 bridgehead atoms. The van der Waals surface area contributed by atoms with Gasteiger partial charge in [-0.05, 0) is 54.4 Å². The number of piperazine rings is 1. The molecule has 1 aliphatic heterocycles. The molecule has 6 heteroatoms. The Balaban J connectivity index is 1.38. The predicted molar refractivity (Wildman–Crippen MR) is 127 cm³/mol. The van der Waals surface area contributed by atoms with Crippen LogP contribution in [0.5, 0.6) is 5.75 Å². The molecule has 3 aromatic rings. The minimum Gasteiger partial charge on any atom is -0.497 e. The molecule has 1 aliphatic rings. The number of sulfone groups is 1. The van der Waals surface area contributed by atoms with Crippen molar-refractivity contribution in [2.24, 2.45) is 0 Å². The SMILES string of the molecule is COc1ccc(S(=O)(=O)c2ccc(C(C)N3CCN(Cc4ccccc4)CC3)cc2)cc1. The monoisotopic (exact) mass is 450 g/mol. The molecule has 0 spiro atoms. The molecule has 3 aromatic carbocycles. The van der Waals surface area contributed by atoms with Crippen molar-refractivity contribution in [3.05, 3.63) is 90.0 Å². The van der Waals surface area contributed by atoms with Gasteiger partial charge in [-0.15, -0.1) is 0 Å². The average molecular weight is 451 g/mol. The van der Waals surface area contributed by atoms with Crippen LogP contribution < -0.4 is 4.74 Å². The Labute approximate surface area is 191 Å². The van der Waals surface area contributed by atoms with E-state index in [0.29, 0.717) is 10.6 Å². The Kier molecular flexibility index (Phi) is 6.94. The summed E-state index contributed by atoms with van der Waals surface area (Å²) in [4.78, 5) is 5.54. The maximum atomic E-state index is 12.9. The third-order valence-corrected chi connectivity index (χ3v) is 8.03. The van der Waals surface area contributed by atoms with Crippen molar-refractivity contribution < 1.29 is 13.2 Å². The highest BCUT2D eigenvalue weighted by Gasteiger charge is 2.23. The minimum absolute atomic E-state index is 0.242. The van der Waals surface area contributed by atoms with Gasteiger partial charge in [-0.3, -0.25) is 9.80 Å². The van der Waals surface area contributed by atoms with Gasteiger partial charge >= 0.3 is 0 Å². The molecule has 1 heterocycles. The van der Waals surface area contributed by atoms with Crippen LogP contribution in [0, 0.1) is 0 Å². The van der Waals surface area contributed by atoms with Crippen LogP contribution in [-0.4, -0.2) is 51.5 Å². The summed E-state index contributed by atoms with van der Waals surface area (Å²) in [5.74, 6) is 0.636. The van der Waals surface area contributed by atoms with Gasteiger partial charge in [0, 0.05) is 38.8 Å². The van der Waals surface area contributed by atoms with Crippen LogP contribution in [0.2, 0.25) is 0 Å². The molecule has 0 radical (unpaired) electrons. The smallest absolute Gasteiger partial charge is 0.206 e. The first-order valence-electron chi connectivity index (χ1n) is 11.0. The first-order chi connectivity index (χ1) is 15.5. The highest BCUT2D eigenvalue weighted by Crippen LogP contribution is 2.27. The fourth-order valence-corrected chi connectivity index (χ4v) is 5.44. The molecule has 0 aromatic heterocycles. The van der Waals surface area contributed by atoms with E-state index in [0.717, 1.165) is 38.3 Å². The van der Waals surface area contributed by atoms with Crippen molar-refractivity contribution in [2.45, 2.75) is 29.3 Å². The average Bonchev–Trinajstić information content (AvgIpc) is 2.85. The largest absolute Gasteiger partial charge is 0.497 e. The molecule has 1 atom stereocenters. The number of hydrogen-bond donors (Lipinski definition) is 0. The zero-order valence-corrected chi connectivity index (χ0v) is 19.5. The molecule has 168 valence electrons. The Morgan fingerprint density at radius 3 is 1.94 bits per heavy atom. The van der Waals surface area contributed by atoms with E-state index in [2.05, 4.69) is 47.1 Å². The second kappa shape index (κ2) is 9.86. The van der Waals surface area contributed by atoms with Gasteiger partial charge in [-0.1, -0.05) is 42.5 Å². The van der Waals surface area contributed by atoms with E-state index >= 15 is 0 Å². The van der Waals surface area contributed by atoms with Crippen LogP contribution in [-0.2, 0) is 16.4 Å². The molecule has 5 nitrogen and oxygen atoms in total. The van der Waals surface area contributed by atoms with Gasteiger partial charge in [-0.2, -0.15) is 0 Å². The minimum atomic E-state index is -3.54. The van der Waals surface area contributed by atoms with Gasteiger partial charge in [0.25, 0.3) is 0 Å². The number of benzene rings is 3. The van der Waals surface area contributed by atoms with Crippen LogP contribution in [0.3, 0.4) is 0 Å². The molecule has 1 unspecified atom stereocenters. The number of ether oxygens (including phenoxy) is 1. The van der Waals surface area contributed by atoms with E-state index in [-0.39, 0.29) is 10.9 Å². The van der Waals surface area contributed by atoms with Crippen LogP contribution >= 0.6 is 0 Å². The lowest BCUT2D eigenvalue weighted by Crippen LogP contribution is -2.46. The summed E-state index contributed by atoms with van der Waals surface area (Å²) in [7, 11) is -1.98. The second-order valence-electron chi connectivity index (χ2n) is 8.22. The van der Waals surface area contributed by atoms with E-state index in [4.69, 9.17) is 4.74 Å². The van der Waals surface area contributed by atoms with Gasteiger partial charge < -0.3 is 4.74 Å². The van der Waals surface area contributed by atoms with Gasteiger partial charge in [0.1, 0.15) is 5.75 Å². The first kappa shape index (κ1) is 22.5. The maximum absolute atomic E-state index is 12.9. The lowest BCUT2D eigenvalue weighted by molar-refractivity contribution is 0.0978. The van der Waals surface area contributed by atoms with Crippen LogP contribution in [0.25, 0.3) is 0 Å². The standard InChI is InChI=1S/C26H30N2O3S/c1-21(28-18-16-27(17-19-28)20-22-6-4-3-5-7-22)23-8-12-25(13-9-23)32(29,30)26-14-10-24(31-2)11-15-26/h3-15,21H,16-20H2,1-2H3. The maximum Gasteiger partial charge on any atom is 0.206 e. The summed E-state index contributed by atoms with van der Waals surface area (Å²) in [5.41, 5.74) is 2.48. The van der Waals surface area contributed by atoms with Crippen LogP contribution in [0.15, 0.2) is 88.7 Å². The Hall–Kier alpha value is -2.67. The van der Waals surface area contributed by atoms with E-state index in [9.17, 15) is 8.42 Å². The summed E-state index contributed by atoms with van der Waals surface area (Å²) in [6.45, 7) is 7.24. The van der Waals surface area contributed by atoms with E-state index in [1.165, 1.54) is 5.56 Å². The molecular formula is C26H30N2O3S. The van der Waals surface area contributed by atoms with Crippen molar-refractivity contribution in [3.63, 3.8) is 0 Å². The highest BCUT2D eigenvalue weighted by molar-refractivity contribution is 7.91. The zero-order valence-electron chi connectivity index (χ0n) is 18.6. The summed E-state index contributed by atoms with van der Waals surface area (Å²) in [6, 6.07) is 24.7. The summed E-state index contributed by atoms with van der Waals surface area (Å²) >= 11 is 0. The van der Waals surface area contributed by atoms with Crippen molar-refractivity contribution in [3.8, 4) is 5.75 Å². The fourth-order valence-electron chi connectivity index (χ4n) is 4.18. The van der Waals surface area contributed by atoms with Gasteiger partial charge in [0.15, 0.2) is 0 Å². The lowest BCUT2D eigenvalue weighted by Gasteiger charge is -2.38. The molecule has 0 N–H and O–H groups in total. The molecule has 4 rings (SSSR count). The van der Waals surface area contributed by atoms with Gasteiger partial charge in [0.2, 0.25) is 9.84 Å². The van der Waals surface area contributed by atoms with Crippen LogP contribution in [0.1, 0.15) is 24.1 Å². The topological polar surface area (TPSA) is 49.9 Å². The van der Waals surface area contributed by atoms with Crippen molar-refractivity contribution in [1.29, 1.82) is 0 Å². The van der Waals surface area contributed by atoms with E-state index in [1.54, 1.807) is 43.5 Å². The number of hydrogen-bond acceptors (Lipinski definition) is 5. The van der Waals surface area contributed by atoms with Gasteiger partial charge in [-0.25, -0.2) is 8.42 Å². The molecule has 32 heavy (non-hydrogen) atoms. The molecule has 0 saturated carbocycles. The number of rotatable bonds is 7. The number of nitrogens with zero attached hydrogens (tertiary/aromatic N) is 2. The summed E-state index contributed by atoms with van der Waals surface area (Å²) in [5, 5.41) is 0. The quantitative estimate of drug-likeness (QED) is 0.534. The molecule has 1 fully saturated rings. The normalized spacial score (nSPS) is 16.6. The Morgan fingerprint density at radius 2 is 1.38 bits per heavy atom. The molecule has 0 amide bonds. The van der Waals surface area contributed by atoms with Crippen LogP contribution in [0.4, 0.5) is 0 Å². The third kappa shape index (κ3) is 5.04. The van der Waals surface area contributed by atoms with Crippen molar-refractivity contribution in [2.75, 3.05) is 33.3 Å². The number of methoxy groups -OCH3 is 1. The highest BCUT2D eigenvalue weighted by atomic mass is 32.2. The van der Waals surface area contributed by atoms with E-state index < -0.39 is 9.84 Å². The van der Waals surface area contributed by atoms with Crippen molar-refractivity contribution >= 4 is 9.84 Å². The summed E-state index contributed by atoms with van der Waals surface area (Å²) < 4.78 is 31.0. The predicted octanol–water partition coefficient (Wildman–Crippen LogP) is 4.41. The fraction of sp³-hybridized carbons (Fsp3) is 0.308. The Bertz CT molecular complexity index is 1110. The van der Waals surface area contributed by atoms with Gasteiger partial charge in [0.05, 0.1) is 16.9 Å². The van der Waals surface area contributed by atoms with Crippen molar-refractivity contribution in [1.82, 2.24) is 9.80 Å². The zero-order chi connectivity index (χ0) is 22.6. The first-order valence-corrected chi connectivity index (χ1v) is 12.4. The molecular weight excluding hydrogens is 420 g/mol. The summed E-state index contributed by atoms with van der Waals surface area (Å²) in [6.07, 6.45) is 0. The Morgan fingerprint density at radius 1 is 0.812 bits per heavy atom. The third-order valence-electron chi connectivity index (χ3n) is 6.25. The second-order valence-corrected chi connectivity index (χ2v) is 10.2. The van der Waals surface area contributed by atoms with E-state index in [1.807, 2.05) is 12.1 Å². The lowest BCUT2D eigenvalue weighted by atomic mass is 10.1. The molecule has 1 saturated heterocycles. The molecule has 0 aliphatic carbocycles.